The van der Waals surface area contributed by atoms with E-state index in [-0.39, 0.29) is 12.5 Å². The van der Waals surface area contributed by atoms with Gasteiger partial charge in [-0.3, -0.25) is 4.79 Å². The number of aliphatic hydroxyl groups is 1. The van der Waals surface area contributed by atoms with E-state index in [1.54, 1.807) is 17.6 Å². The third kappa shape index (κ3) is 2.60. The lowest BCUT2D eigenvalue weighted by Gasteiger charge is -2.13. The fraction of sp³-hybridized carbons (Fsp3) is 0.333. The van der Waals surface area contributed by atoms with Crippen LogP contribution in [0.25, 0.3) is 0 Å². The van der Waals surface area contributed by atoms with Crippen LogP contribution in [0.15, 0.2) is 28.3 Å². The summed E-state index contributed by atoms with van der Waals surface area (Å²) in [6.45, 7) is 1.74. The molecule has 0 spiro atoms. The highest BCUT2D eigenvalue weighted by molar-refractivity contribution is 7.11. The highest BCUT2D eigenvalue weighted by Crippen LogP contribution is 2.17. The van der Waals surface area contributed by atoms with Gasteiger partial charge >= 0.3 is 0 Å². The minimum Gasteiger partial charge on any atom is -0.467 e. The van der Waals surface area contributed by atoms with Crippen LogP contribution in [0.3, 0.4) is 0 Å². The summed E-state index contributed by atoms with van der Waals surface area (Å²) in [6.07, 6.45) is 2.21. The van der Waals surface area contributed by atoms with Crippen LogP contribution in [-0.4, -0.2) is 22.6 Å². The van der Waals surface area contributed by atoms with E-state index in [1.165, 1.54) is 17.6 Å². The first-order chi connectivity index (χ1) is 8.76. The minimum atomic E-state index is -0.528. The van der Waals surface area contributed by atoms with E-state index in [0.29, 0.717) is 17.1 Å². The van der Waals surface area contributed by atoms with Crippen molar-refractivity contribution in [3.8, 4) is 0 Å². The molecule has 0 aliphatic heterocycles. The van der Waals surface area contributed by atoms with Crippen molar-refractivity contribution in [3.63, 3.8) is 0 Å². The Morgan fingerprint density at radius 2 is 2.50 bits per heavy atom. The van der Waals surface area contributed by atoms with Crippen molar-refractivity contribution in [2.45, 2.75) is 19.4 Å². The van der Waals surface area contributed by atoms with Gasteiger partial charge in [0.05, 0.1) is 24.1 Å². The molecule has 2 aromatic rings. The molecule has 18 heavy (non-hydrogen) atoms. The van der Waals surface area contributed by atoms with Crippen molar-refractivity contribution < 1.29 is 14.3 Å². The fourth-order valence-electron chi connectivity index (χ4n) is 1.63. The number of hydrogen-bond acceptors (Lipinski definition) is 5. The predicted octanol–water partition coefficient (Wildman–Crippen LogP) is 1.76. The zero-order chi connectivity index (χ0) is 13.0. The summed E-state index contributed by atoms with van der Waals surface area (Å²) in [6, 6.07) is 2.91. The van der Waals surface area contributed by atoms with Gasteiger partial charge in [0.15, 0.2) is 0 Å². The van der Waals surface area contributed by atoms with Crippen LogP contribution in [-0.2, 0) is 6.42 Å². The number of hydrogen-bond donors (Lipinski definition) is 2. The van der Waals surface area contributed by atoms with Crippen LogP contribution >= 0.6 is 11.3 Å². The first-order valence-electron chi connectivity index (χ1n) is 5.63. The number of thiazole rings is 1. The third-order valence-corrected chi connectivity index (χ3v) is 3.42. The number of nitrogens with zero attached hydrogens (tertiary/aromatic N) is 1. The Kier molecular flexibility index (Phi) is 4.11. The maximum absolute atomic E-state index is 12.1. The molecule has 1 amide bonds. The Morgan fingerprint density at radius 1 is 1.67 bits per heavy atom. The number of aliphatic hydroxyl groups excluding tert-OH is 1. The Hall–Kier alpha value is -1.66. The predicted molar refractivity (Wildman–Crippen MR) is 67.5 cm³/mol. The van der Waals surface area contributed by atoms with Crippen molar-refractivity contribution in [2.75, 3.05) is 6.61 Å². The summed E-state index contributed by atoms with van der Waals surface area (Å²) >= 11 is 1.30. The molecule has 0 fully saturated rings. The molecule has 6 heteroatoms. The van der Waals surface area contributed by atoms with Gasteiger partial charge in [0.25, 0.3) is 5.91 Å². The fourth-order valence-corrected chi connectivity index (χ4v) is 2.41. The normalized spacial score (nSPS) is 12.3. The number of furan rings is 1. The van der Waals surface area contributed by atoms with Gasteiger partial charge in [-0.2, -0.15) is 0 Å². The SMILES string of the molecule is CCc1ncsc1C(=O)NC(CO)c1ccco1. The summed E-state index contributed by atoms with van der Waals surface area (Å²) in [5, 5.41) is 12.0. The van der Waals surface area contributed by atoms with Gasteiger partial charge in [0.2, 0.25) is 0 Å². The van der Waals surface area contributed by atoms with Crippen LogP contribution in [0.1, 0.15) is 34.1 Å². The molecule has 0 radical (unpaired) electrons. The average Bonchev–Trinajstić information content (AvgIpc) is 3.05. The topological polar surface area (TPSA) is 75.4 Å². The molecule has 0 aromatic carbocycles. The molecule has 0 saturated carbocycles. The molecule has 0 saturated heterocycles. The molecule has 2 aromatic heterocycles. The molecule has 5 nitrogen and oxygen atoms in total. The van der Waals surface area contributed by atoms with Gasteiger partial charge in [-0.05, 0) is 18.6 Å². The van der Waals surface area contributed by atoms with Crippen LogP contribution in [0.5, 0.6) is 0 Å². The van der Waals surface area contributed by atoms with E-state index < -0.39 is 6.04 Å². The molecule has 0 aliphatic carbocycles. The number of rotatable bonds is 5. The highest BCUT2D eigenvalue weighted by Gasteiger charge is 2.20. The molecular weight excluding hydrogens is 252 g/mol. The zero-order valence-electron chi connectivity index (χ0n) is 9.92. The van der Waals surface area contributed by atoms with E-state index in [4.69, 9.17) is 4.42 Å². The quantitative estimate of drug-likeness (QED) is 0.864. The first-order valence-corrected chi connectivity index (χ1v) is 6.51. The smallest absolute Gasteiger partial charge is 0.263 e. The van der Waals surface area contributed by atoms with Gasteiger partial charge in [0, 0.05) is 0 Å². The number of carbonyl (C=O) groups is 1. The van der Waals surface area contributed by atoms with Crippen molar-refractivity contribution in [1.82, 2.24) is 10.3 Å². The van der Waals surface area contributed by atoms with Crippen molar-refractivity contribution in [1.29, 1.82) is 0 Å². The number of aromatic nitrogens is 1. The van der Waals surface area contributed by atoms with Crippen molar-refractivity contribution in [2.24, 2.45) is 0 Å². The molecule has 0 aliphatic rings. The van der Waals surface area contributed by atoms with Crippen molar-refractivity contribution in [3.05, 3.63) is 40.2 Å². The number of carbonyl (C=O) groups excluding carboxylic acids is 1. The summed E-state index contributed by atoms with van der Waals surface area (Å²) in [5.41, 5.74) is 2.42. The van der Waals surface area contributed by atoms with E-state index in [9.17, 15) is 9.90 Å². The maximum atomic E-state index is 12.1. The van der Waals surface area contributed by atoms with Crippen LogP contribution in [0.2, 0.25) is 0 Å². The van der Waals surface area contributed by atoms with Crippen LogP contribution in [0.4, 0.5) is 0 Å². The van der Waals surface area contributed by atoms with E-state index >= 15 is 0 Å². The lowest BCUT2D eigenvalue weighted by molar-refractivity contribution is 0.0910. The second kappa shape index (κ2) is 5.79. The molecule has 2 rings (SSSR count). The molecular formula is C12H14N2O3S. The molecule has 1 atom stereocenters. The lowest BCUT2D eigenvalue weighted by Crippen LogP contribution is -2.30. The largest absolute Gasteiger partial charge is 0.467 e. The third-order valence-electron chi connectivity index (χ3n) is 2.56. The standard InChI is InChI=1S/C12H14N2O3S/c1-2-8-11(18-7-13-8)12(16)14-9(6-15)10-4-3-5-17-10/h3-5,7,9,15H,2,6H2,1H3,(H,14,16). The highest BCUT2D eigenvalue weighted by atomic mass is 32.1. The summed E-state index contributed by atoms with van der Waals surface area (Å²) in [7, 11) is 0. The molecule has 2 N–H and O–H groups in total. The van der Waals surface area contributed by atoms with E-state index in [1.807, 2.05) is 6.92 Å². The Labute approximate surface area is 108 Å². The second-order valence-electron chi connectivity index (χ2n) is 3.71. The Balaban J connectivity index is 2.11. The summed E-state index contributed by atoms with van der Waals surface area (Å²) < 4.78 is 5.17. The lowest BCUT2D eigenvalue weighted by atomic mass is 10.2. The zero-order valence-corrected chi connectivity index (χ0v) is 10.7. The minimum absolute atomic E-state index is 0.209. The number of aryl methyl sites for hydroxylation is 1. The van der Waals surface area contributed by atoms with Gasteiger partial charge in [-0.1, -0.05) is 6.92 Å². The van der Waals surface area contributed by atoms with Crippen LogP contribution in [0, 0.1) is 0 Å². The molecule has 2 heterocycles. The number of nitrogens with one attached hydrogen (secondary N) is 1. The molecule has 1 unspecified atom stereocenters. The van der Waals surface area contributed by atoms with Crippen molar-refractivity contribution >= 4 is 17.2 Å². The van der Waals surface area contributed by atoms with E-state index in [2.05, 4.69) is 10.3 Å². The van der Waals surface area contributed by atoms with Gasteiger partial charge < -0.3 is 14.8 Å². The first kappa shape index (κ1) is 12.8. The summed E-state index contributed by atoms with van der Waals surface area (Å²) in [4.78, 5) is 16.8. The van der Waals surface area contributed by atoms with E-state index in [0.717, 1.165) is 5.69 Å². The van der Waals surface area contributed by atoms with Crippen LogP contribution < -0.4 is 5.32 Å². The molecule has 96 valence electrons. The van der Waals surface area contributed by atoms with Gasteiger partial charge in [0.1, 0.15) is 16.7 Å². The molecule has 0 bridgehead atoms. The monoisotopic (exact) mass is 266 g/mol. The Morgan fingerprint density at radius 3 is 3.11 bits per heavy atom. The second-order valence-corrected chi connectivity index (χ2v) is 4.56. The average molecular weight is 266 g/mol. The van der Waals surface area contributed by atoms with Gasteiger partial charge in [-0.25, -0.2) is 4.98 Å². The summed E-state index contributed by atoms with van der Waals surface area (Å²) in [5.74, 6) is 0.304. The maximum Gasteiger partial charge on any atom is 0.263 e. The van der Waals surface area contributed by atoms with Gasteiger partial charge in [-0.15, -0.1) is 11.3 Å². The number of amides is 1. The Bertz CT molecular complexity index is 507.